The summed E-state index contributed by atoms with van der Waals surface area (Å²) in [7, 11) is 0. The van der Waals surface area contributed by atoms with E-state index < -0.39 is 5.82 Å². The Bertz CT molecular complexity index is 559. The van der Waals surface area contributed by atoms with Gasteiger partial charge < -0.3 is 11.1 Å². The van der Waals surface area contributed by atoms with Gasteiger partial charge in [0.1, 0.15) is 5.82 Å². The molecule has 1 atom stereocenters. The zero-order valence-corrected chi connectivity index (χ0v) is 12.6. The molecule has 3 nitrogen and oxygen atoms in total. The highest BCUT2D eigenvalue weighted by molar-refractivity contribution is 7.99. The molecule has 1 amide bonds. The maximum absolute atomic E-state index is 13.4. The van der Waals surface area contributed by atoms with E-state index in [0.717, 1.165) is 12.2 Å². The molecule has 1 fully saturated rings. The first-order valence-electron chi connectivity index (χ1n) is 7.09. The average Bonchev–Trinajstić information content (AvgIpc) is 2.52. The monoisotopic (exact) mass is 306 g/mol. The summed E-state index contributed by atoms with van der Waals surface area (Å²) in [5.41, 5.74) is 6.12. The first-order chi connectivity index (χ1) is 10.2. The van der Waals surface area contributed by atoms with Gasteiger partial charge in [-0.2, -0.15) is 11.8 Å². The molecule has 2 rings (SSSR count). The highest BCUT2D eigenvalue weighted by Crippen LogP contribution is 2.24. The minimum atomic E-state index is -0.439. The second kappa shape index (κ2) is 8.06. The van der Waals surface area contributed by atoms with Crippen LogP contribution in [0.2, 0.25) is 0 Å². The molecule has 1 aliphatic rings. The van der Waals surface area contributed by atoms with Crippen molar-refractivity contribution < 1.29 is 9.18 Å². The standard InChI is InChI=1S/C16H19FN2OS/c17-13-7-6-12(4-3-8-18)15(10-13)16(20)19-11-14-5-1-2-9-21-14/h6-7,10,14H,1-2,5,8-9,11,18H2,(H,19,20). The van der Waals surface area contributed by atoms with Crippen molar-refractivity contribution in [1.82, 2.24) is 5.32 Å². The van der Waals surface area contributed by atoms with Crippen molar-refractivity contribution in [2.45, 2.75) is 24.5 Å². The van der Waals surface area contributed by atoms with Crippen LogP contribution in [0.4, 0.5) is 4.39 Å². The fraction of sp³-hybridized carbons (Fsp3) is 0.438. The molecular formula is C16H19FN2OS. The molecule has 0 spiro atoms. The first-order valence-corrected chi connectivity index (χ1v) is 8.14. The van der Waals surface area contributed by atoms with E-state index in [2.05, 4.69) is 17.2 Å². The van der Waals surface area contributed by atoms with Gasteiger partial charge in [0.05, 0.1) is 12.1 Å². The molecule has 1 aromatic rings. The van der Waals surface area contributed by atoms with Crippen LogP contribution in [0.5, 0.6) is 0 Å². The van der Waals surface area contributed by atoms with Crippen molar-refractivity contribution >= 4 is 17.7 Å². The number of thioether (sulfide) groups is 1. The topological polar surface area (TPSA) is 55.1 Å². The van der Waals surface area contributed by atoms with Crippen LogP contribution in [-0.2, 0) is 0 Å². The Hall–Kier alpha value is -1.51. The van der Waals surface area contributed by atoms with Gasteiger partial charge in [0.2, 0.25) is 0 Å². The summed E-state index contributed by atoms with van der Waals surface area (Å²) in [4.78, 5) is 12.2. The van der Waals surface area contributed by atoms with Crippen LogP contribution in [-0.4, -0.2) is 30.0 Å². The summed E-state index contributed by atoms with van der Waals surface area (Å²) in [6.07, 6.45) is 3.58. The van der Waals surface area contributed by atoms with Gasteiger partial charge in [0.15, 0.2) is 0 Å². The minimum absolute atomic E-state index is 0.206. The summed E-state index contributed by atoms with van der Waals surface area (Å²) < 4.78 is 13.4. The normalized spacial score (nSPS) is 17.7. The lowest BCUT2D eigenvalue weighted by Crippen LogP contribution is -2.32. The summed E-state index contributed by atoms with van der Waals surface area (Å²) in [6.45, 7) is 0.820. The predicted molar refractivity (Wildman–Crippen MR) is 84.8 cm³/mol. The largest absolute Gasteiger partial charge is 0.351 e. The number of hydrogen-bond donors (Lipinski definition) is 2. The van der Waals surface area contributed by atoms with Crippen LogP contribution >= 0.6 is 11.8 Å². The molecule has 0 saturated carbocycles. The van der Waals surface area contributed by atoms with Gasteiger partial charge in [-0.1, -0.05) is 18.3 Å². The van der Waals surface area contributed by atoms with Gasteiger partial charge in [-0.05, 0) is 36.8 Å². The van der Waals surface area contributed by atoms with Crippen molar-refractivity contribution in [3.63, 3.8) is 0 Å². The van der Waals surface area contributed by atoms with Crippen molar-refractivity contribution in [2.24, 2.45) is 5.73 Å². The van der Waals surface area contributed by atoms with Crippen LogP contribution in [0.3, 0.4) is 0 Å². The fourth-order valence-electron chi connectivity index (χ4n) is 2.23. The molecule has 1 saturated heterocycles. The molecule has 5 heteroatoms. The average molecular weight is 306 g/mol. The molecule has 1 aromatic carbocycles. The van der Waals surface area contributed by atoms with E-state index in [9.17, 15) is 9.18 Å². The van der Waals surface area contributed by atoms with Crippen LogP contribution in [0.25, 0.3) is 0 Å². The van der Waals surface area contributed by atoms with Gasteiger partial charge in [-0.15, -0.1) is 0 Å². The van der Waals surface area contributed by atoms with Gasteiger partial charge >= 0.3 is 0 Å². The third-order valence-corrected chi connectivity index (χ3v) is 4.71. The van der Waals surface area contributed by atoms with Crippen molar-refractivity contribution in [2.75, 3.05) is 18.8 Å². The smallest absolute Gasteiger partial charge is 0.252 e. The number of hydrogen-bond acceptors (Lipinski definition) is 3. The molecule has 0 aromatic heterocycles. The Morgan fingerprint density at radius 3 is 3.05 bits per heavy atom. The van der Waals surface area contributed by atoms with Crippen LogP contribution in [0.1, 0.15) is 35.2 Å². The van der Waals surface area contributed by atoms with Gasteiger partial charge in [0.25, 0.3) is 5.91 Å². The lowest BCUT2D eigenvalue weighted by Gasteiger charge is -2.21. The fourth-order valence-corrected chi connectivity index (χ4v) is 3.47. The molecule has 1 aliphatic heterocycles. The summed E-state index contributed by atoms with van der Waals surface area (Å²) in [5, 5.41) is 3.34. The number of carbonyl (C=O) groups is 1. The van der Waals surface area contributed by atoms with Gasteiger partial charge in [-0.3, -0.25) is 4.79 Å². The molecule has 0 aliphatic carbocycles. The quantitative estimate of drug-likeness (QED) is 0.841. The minimum Gasteiger partial charge on any atom is -0.351 e. The zero-order chi connectivity index (χ0) is 15.1. The van der Waals surface area contributed by atoms with Gasteiger partial charge in [-0.25, -0.2) is 4.39 Å². The van der Waals surface area contributed by atoms with Crippen molar-refractivity contribution in [3.05, 3.63) is 35.1 Å². The van der Waals surface area contributed by atoms with Gasteiger partial charge in [0, 0.05) is 17.4 Å². The Labute approximate surface area is 128 Å². The lowest BCUT2D eigenvalue weighted by atomic mass is 10.1. The maximum Gasteiger partial charge on any atom is 0.252 e. The number of nitrogens with two attached hydrogens (primary N) is 1. The molecule has 21 heavy (non-hydrogen) atoms. The van der Waals surface area contributed by atoms with E-state index in [1.165, 1.54) is 31.0 Å². The molecule has 1 unspecified atom stereocenters. The highest BCUT2D eigenvalue weighted by Gasteiger charge is 2.17. The van der Waals surface area contributed by atoms with E-state index in [4.69, 9.17) is 5.73 Å². The molecule has 112 valence electrons. The van der Waals surface area contributed by atoms with Crippen LogP contribution < -0.4 is 11.1 Å². The van der Waals surface area contributed by atoms with Crippen LogP contribution in [0, 0.1) is 17.7 Å². The lowest BCUT2D eigenvalue weighted by molar-refractivity contribution is 0.0952. The molecule has 0 bridgehead atoms. The Kier molecular flexibility index (Phi) is 6.09. The zero-order valence-electron chi connectivity index (χ0n) is 11.8. The Morgan fingerprint density at radius 1 is 1.48 bits per heavy atom. The number of halogens is 1. The van der Waals surface area contributed by atoms with Crippen molar-refractivity contribution in [1.29, 1.82) is 0 Å². The summed E-state index contributed by atoms with van der Waals surface area (Å²) >= 11 is 1.89. The maximum atomic E-state index is 13.4. The van der Waals surface area contributed by atoms with E-state index in [0.29, 0.717) is 17.4 Å². The van der Waals surface area contributed by atoms with Crippen molar-refractivity contribution in [3.8, 4) is 11.8 Å². The number of benzene rings is 1. The van der Waals surface area contributed by atoms with E-state index in [1.54, 1.807) is 0 Å². The number of rotatable bonds is 3. The third-order valence-electron chi connectivity index (χ3n) is 3.32. The molecule has 0 radical (unpaired) electrons. The molecule has 3 N–H and O–H groups in total. The number of amides is 1. The second-order valence-corrected chi connectivity index (χ2v) is 6.30. The van der Waals surface area contributed by atoms with E-state index >= 15 is 0 Å². The van der Waals surface area contributed by atoms with E-state index in [1.807, 2.05) is 11.8 Å². The summed E-state index contributed by atoms with van der Waals surface area (Å²) in [6, 6.07) is 4.04. The summed E-state index contributed by atoms with van der Waals surface area (Å²) in [5.74, 6) is 5.94. The first kappa shape index (κ1) is 15.9. The van der Waals surface area contributed by atoms with E-state index in [-0.39, 0.29) is 18.0 Å². The molecular weight excluding hydrogens is 287 g/mol. The third kappa shape index (κ3) is 4.76. The SMILES string of the molecule is NCC#Cc1ccc(F)cc1C(=O)NCC1CCCCS1. The Balaban J connectivity index is 2.04. The Morgan fingerprint density at radius 2 is 2.33 bits per heavy atom. The molecule has 1 heterocycles. The number of nitrogens with one attached hydrogen (secondary N) is 1. The number of carbonyl (C=O) groups excluding carboxylic acids is 1. The predicted octanol–water partition coefficient (Wildman–Crippen LogP) is 2.15. The highest BCUT2D eigenvalue weighted by atomic mass is 32.2. The van der Waals surface area contributed by atoms with Crippen LogP contribution in [0.15, 0.2) is 18.2 Å². The second-order valence-electron chi connectivity index (χ2n) is 4.89.